The van der Waals surface area contributed by atoms with Gasteiger partial charge in [-0.1, -0.05) is 6.07 Å². The number of anilines is 1. The highest BCUT2D eigenvalue weighted by molar-refractivity contribution is 7.10. The molecule has 2 aliphatic heterocycles. The van der Waals surface area contributed by atoms with Crippen LogP contribution in [0.25, 0.3) is 11.3 Å². The molecule has 0 spiro atoms. The van der Waals surface area contributed by atoms with E-state index in [0.717, 1.165) is 35.6 Å². The summed E-state index contributed by atoms with van der Waals surface area (Å²) in [6.07, 6.45) is 2.96. The van der Waals surface area contributed by atoms with E-state index in [-0.39, 0.29) is 5.91 Å². The molecule has 3 heterocycles. The predicted molar refractivity (Wildman–Crippen MR) is 89.5 cm³/mol. The van der Waals surface area contributed by atoms with Gasteiger partial charge in [0, 0.05) is 36.1 Å². The maximum atomic E-state index is 11.8. The van der Waals surface area contributed by atoms with Gasteiger partial charge in [-0.3, -0.25) is 4.79 Å². The van der Waals surface area contributed by atoms with Crippen LogP contribution in [0, 0.1) is 0 Å². The van der Waals surface area contributed by atoms with Crippen LogP contribution < -0.4 is 10.2 Å². The monoisotopic (exact) mass is 313 g/mol. The Morgan fingerprint density at radius 3 is 3.14 bits per heavy atom. The molecule has 0 radical (unpaired) electrons. The first-order chi connectivity index (χ1) is 10.7. The number of nitrogens with one attached hydrogen (secondary N) is 1. The molecule has 4 rings (SSSR count). The SMILES string of the molecule is CN1C(=O)Cc2cc(-c3csc(C4CCCNC4)n3)ccc21. The van der Waals surface area contributed by atoms with E-state index in [4.69, 9.17) is 4.98 Å². The maximum absolute atomic E-state index is 11.8. The van der Waals surface area contributed by atoms with Gasteiger partial charge >= 0.3 is 0 Å². The van der Waals surface area contributed by atoms with Crippen LogP contribution in [0.5, 0.6) is 0 Å². The van der Waals surface area contributed by atoms with E-state index in [0.29, 0.717) is 12.3 Å². The van der Waals surface area contributed by atoms with Gasteiger partial charge in [0.25, 0.3) is 0 Å². The standard InChI is InChI=1S/C17H19N3OS/c1-20-15-5-4-11(7-13(15)8-16(20)21)14-10-22-17(19-14)12-3-2-6-18-9-12/h4-5,7,10,12,18H,2-3,6,8-9H2,1H3. The number of amides is 1. The summed E-state index contributed by atoms with van der Waals surface area (Å²) in [6, 6.07) is 6.23. The van der Waals surface area contributed by atoms with E-state index in [1.165, 1.54) is 17.8 Å². The molecule has 1 aromatic heterocycles. The Kier molecular flexibility index (Phi) is 3.47. The van der Waals surface area contributed by atoms with E-state index >= 15 is 0 Å². The fourth-order valence-corrected chi connectivity index (χ4v) is 4.27. The third-order valence-corrected chi connectivity index (χ3v) is 5.63. The third kappa shape index (κ3) is 2.34. The smallest absolute Gasteiger partial charge is 0.231 e. The molecule has 1 N–H and O–H groups in total. The number of hydrogen-bond donors (Lipinski definition) is 1. The molecule has 4 nitrogen and oxygen atoms in total. The van der Waals surface area contributed by atoms with Gasteiger partial charge in [-0.15, -0.1) is 11.3 Å². The van der Waals surface area contributed by atoms with Gasteiger partial charge in [0.15, 0.2) is 0 Å². The normalized spacial score (nSPS) is 21.2. The zero-order chi connectivity index (χ0) is 15.1. The van der Waals surface area contributed by atoms with Gasteiger partial charge in [-0.25, -0.2) is 4.98 Å². The zero-order valence-electron chi connectivity index (χ0n) is 12.6. The zero-order valence-corrected chi connectivity index (χ0v) is 13.4. The average molecular weight is 313 g/mol. The number of fused-ring (bicyclic) bond motifs is 1. The van der Waals surface area contributed by atoms with E-state index in [9.17, 15) is 4.79 Å². The van der Waals surface area contributed by atoms with E-state index in [1.807, 2.05) is 13.1 Å². The largest absolute Gasteiger partial charge is 0.316 e. The first kappa shape index (κ1) is 13.9. The Bertz CT molecular complexity index is 718. The van der Waals surface area contributed by atoms with Crippen molar-refractivity contribution < 1.29 is 4.79 Å². The molecule has 0 aliphatic carbocycles. The third-order valence-electron chi connectivity index (χ3n) is 4.62. The maximum Gasteiger partial charge on any atom is 0.231 e. The molecule has 22 heavy (non-hydrogen) atoms. The van der Waals surface area contributed by atoms with Crippen LogP contribution >= 0.6 is 11.3 Å². The molecule has 1 saturated heterocycles. The van der Waals surface area contributed by atoms with Crippen LogP contribution in [0.2, 0.25) is 0 Å². The molecule has 0 bridgehead atoms. The van der Waals surface area contributed by atoms with Gasteiger partial charge in [-0.05, 0) is 37.1 Å². The van der Waals surface area contributed by atoms with Crippen LogP contribution in [0.15, 0.2) is 23.6 Å². The molecular formula is C17H19N3OS. The Hall–Kier alpha value is -1.72. The number of thiazole rings is 1. The molecule has 1 fully saturated rings. The summed E-state index contributed by atoms with van der Waals surface area (Å²) >= 11 is 1.76. The molecule has 1 atom stereocenters. The number of piperidine rings is 1. The van der Waals surface area contributed by atoms with Crippen molar-refractivity contribution in [1.29, 1.82) is 0 Å². The Morgan fingerprint density at radius 1 is 1.41 bits per heavy atom. The highest BCUT2D eigenvalue weighted by Gasteiger charge is 2.24. The summed E-state index contributed by atoms with van der Waals surface area (Å²) in [4.78, 5) is 18.4. The van der Waals surface area contributed by atoms with Crippen LogP contribution in [0.4, 0.5) is 5.69 Å². The number of hydrogen-bond acceptors (Lipinski definition) is 4. The van der Waals surface area contributed by atoms with Crippen LogP contribution in [-0.2, 0) is 11.2 Å². The van der Waals surface area contributed by atoms with Crippen LogP contribution in [-0.4, -0.2) is 31.0 Å². The highest BCUT2D eigenvalue weighted by Crippen LogP contribution is 2.34. The lowest BCUT2D eigenvalue weighted by atomic mass is 10.0. The molecule has 5 heteroatoms. The number of benzene rings is 1. The molecule has 114 valence electrons. The summed E-state index contributed by atoms with van der Waals surface area (Å²) in [5.41, 5.74) is 4.29. The van der Waals surface area contributed by atoms with Crippen LogP contribution in [0.3, 0.4) is 0 Å². The summed E-state index contributed by atoms with van der Waals surface area (Å²) in [5.74, 6) is 0.717. The van der Waals surface area contributed by atoms with Crippen molar-refractivity contribution in [2.24, 2.45) is 0 Å². The fraction of sp³-hybridized carbons (Fsp3) is 0.412. The second-order valence-electron chi connectivity index (χ2n) is 6.09. The molecule has 1 unspecified atom stereocenters. The number of carbonyl (C=O) groups excluding carboxylic acids is 1. The number of carbonyl (C=O) groups is 1. The van der Waals surface area contributed by atoms with Gasteiger partial charge in [-0.2, -0.15) is 0 Å². The number of rotatable bonds is 2. The summed E-state index contributed by atoms with van der Waals surface area (Å²) < 4.78 is 0. The lowest BCUT2D eigenvalue weighted by Gasteiger charge is -2.20. The Labute approximate surface area is 134 Å². The molecule has 1 aromatic carbocycles. The van der Waals surface area contributed by atoms with Gasteiger partial charge in [0.1, 0.15) is 0 Å². The highest BCUT2D eigenvalue weighted by atomic mass is 32.1. The van der Waals surface area contributed by atoms with E-state index in [1.54, 1.807) is 16.2 Å². The molecule has 0 saturated carbocycles. The first-order valence-electron chi connectivity index (χ1n) is 7.78. The lowest BCUT2D eigenvalue weighted by molar-refractivity contribution is -0.117. The van der Waals surface area contributed by atoms with Crippen LogP contribution in [0.1, 0.15) is 29.3 Å². The number of nitrogens with zero attached hydrogens (tertiary/aromatic N) is 2. The second kappa shape index (κ2) is 5.48. The quantitative estimate of drug-likeness (QED) is 0.927. The van der Waals surface area contributed by atoms with Crippen molar-refractivity contribution in [3.8, 4) is 11.3 Å². The van der Waals surface area contributed by atoms with Crippen molar-refractivity contribution in [1.82, 2.24) is 10.3 Å². The van der Waals surface area contributed by atoms with Crippen molar-refractivity contribution >= 4 is 22.9 Å². The van der Waals surface area contributed by atoms with Gasteiger partial charge in [0.05, 0.1) is 17.1 Å². The number of aromatic nitrogens is 1. The van der Waals surface area contributed by atoms with E-state index in [2.05, 4.69) is 22.8 Å². The summed E-state index contributed by atoms with van der Waals surface area (Å²) in [6.45, 7) is 2.16. The molecule has 2 aliphatic rings. The van der Waals surface area contributed by atoms with Crippen molar-refractivity contribution in [2.75, 3.05) is 25.0 Å². The summed E-state index contributed by atoms with van der Waals surface area (Å²) in [5, 5.41) is 6.83. The summed E-state index contributed by atoms with van der Waals surface area (Å²) in [7, 11) is 1.84. The topological polar surface area (TPSA) is 45.2 Å². The Morgan fingerprint density at radius 2 is 2.32 bits per heavy atom. The van der Waals surface area contributed by atoms with Crippen molar-refractivity contribution in [2.45, 2.75) is 25.2 Å². The molecule has 2 aromatic rings. The van der Waals surface area contributed by atoms with E-state index < -0.39 is 0 Å². The van der Waals surface area contributed by atoms with Crippen molar-refractivity contribution in [3.63, 3.8) is 0 Å². The minimum absolute atomic E-state index is 0.166. The second-order valence-corrected chi connectivity index (χ2v) is 6.98. The minimum atomic E-state index is 0.166. The van der Waals surface area contributed by atoms with Gasteiger partial charge < -0.3 is 10.2 Å². The lowest BCUT2D eigenvalue weighted by Crippen LogP contribution is -2.28. The Balaban J connectivity index is 1.62. The molecular weight excluding hydrogens is 294 g/mol. The van der Waals surface area contributed by atoms with Gasteiger partial charge in [0.2, 0.25) is 5.91 Å². The minimum Gasteiger partial charge on any atom is -0.316 e. The first-order valence-corrected chi connectivity index (χ1v) is 8.66. The molecule has 1 amide bonds. The van der Waals surface area contributed by atoms with Crippen molar-refractivity contribution in [3.05, 3.63) is 34.2 Å². The average Bonchev–Trinajstić information content (AvgIpc) is 3.14. The fourth-order valence-electron chi connectivity index (χ4n) is 3.30. The predicted octanol–water partition coefficient (Wildman–Crippen LogP) is 2.80. The number of likely N-dealkylation sites (N-methyl/N-ethyl adjacent to an activating group) is 1.